The Kier molecular flexibility index (Phi) is 6.54. The molecule has 0 aliphatic carbocycles. The fourth-order valence-corrected chi connectivity index (χ4v) is 4.37. The number of nitrogens with one attached hydrogen (secondary N) is 1. The summed E-state index contributed by atoms with van der Waals surface area (Å²) in [4.78, 5) is 12.3. The van der Waals surface area contributed by atoms with Crippen molar-refractivity contribution in [3.05, 3.63) is 70.1 Å². The van der Waals surface area contributed by atoms with E-state index in [0.29, 0.717) is 41.7 Å². The van der Waals surface area contributed by atoms with E-state index in [1.165, 1.54) is 34.9 Å². The average Bonchev–Trinajstić information content (AvgIpc) is 2.75. The standard InChI is InChI=1S/C24H23F3N2O5S/c1-29-14-19-18-12-17(28-35(2,31)32)7-9-21(18)34-20-8-6-16(24(25,26)27)11-15(20)5-3-4-10-33-22(19)13-23(29)30/h6-9,11-14,28H,3-5,10H2,1-2H3. The molecule has 4 rings (SSSR count). The van der Waals surface area contributed by atoms with Crippen molar-refractivity contribution in [3.63, 3.8) is 0 Å². The molecular formula is C24H23F3N2O5S. The Balaban J connectivity index is 1.92. The molecule has 0 saturated heterocycles. The number of halogens is 3. The Morgan fingerprint density at radius 2 is 1.71 bits per heavy atom. The monoisotopic (exact) mass is 508 g/mol. The fourth-order valence-electron chi connectivity index (χ4n) is 3.81. The number of pyridine rings is 1. The van der Waals surface area contributed by atoms with Gasteiger partial charge in [-0.05, 0) is 61.2 Å². The molecule has 1 N–H and O–H groups in total. The van der Waals surface area contributed by atoms with Crippen LogP contribution in [0.2, 0.25) is 0 Å². The number of hydrogen-bond acceptors (Lipinski definition) is 5. The Hall–Kier alpha value is -3.47. The lowest BCUT2D eigenvalue weighted by Gasteiger charge is -2.20. The third kappa shape index (κ3) is 5.79. The molecule has 0 amide bonds. The summed E-state index contributed by atoms with van der Waals surface area (Å²) in [5.74, 6) is 0.813. The minimum absolute atomic E-state index is 0.242. The number of aromatic nitrogens is 1. The van der Waals surface area contributed by atoms with Gasteiger partial charge in [0.1, 0.15) is 17.2 Å². The molecule has 2 aromatic carbocycles. The molecule has 0 spiro atoms. The highest BCUT2D eigenvalue weighted by molar-refractivity contribution is 7.92. The van der Waals surface area contributed by atoms with E-state index in [-0.39, 0.29) is 29.4 Å². The Morgan fingerprint density at radius 3 is 2.43 bits per heavy atom. The van der Waals surface area contributed by atoms with Crippen LogP contribution in [0.5, 0.6) is 17.2 Å². The lowest BCUT2D eigenvalue weighted by atomic mass is 10.0. The number of sulfonamides is 1. The number of hydrogen-bond donors (Lipinski definition) is 1. The first-order valence-electron chi connectivity index (χ1n) is 10.7. The smallest absolute Gasteiger partial charge is 0.416 e. The molecular weight excluding hydrogens is 485 g/mol. The van der Waals surface area contributed by atoms with E-state index < -0.39 is 21.8 Å². The first-order valence-corrected chi connectivity index (χ1v) is 12.6. The minimum Gasteiger partial charge on any atom is -0.493 e. The van der Waals surface area contributed by atoms with E-state index >= 15 is 0 Å². The highest BCUT2D eigenvalue weighted by atomic mass is 32.2. The Morgan fingerprint density at radius 1 is 0.971 bits per heavy atom. The maximum Gasteiger partial charge on any atom is 0.416 e. The maximum absolute atomic E-state index is 13.3. The van der Waals surface area contributed by atoms with Gasteiger partial charge < -0.3 is 14.0 Å². The van der Waals surface area contributed by atoms with Crippen molar-refractivity contribution in [3.8, 4) is 28.4 Å². The first-order chi connectivity index (χ1) is 16.4. The summed E-state index contributed by atoms with van der Waals surface area (Å²) in [6, 6.07) is 9.20. The molecule has 0 atom stereocenters. The Bertz CT molecular complexity index is 1430. The van der Waals surface area contributed by atoms with Gasteiger partial charge in [0.05, 0.1) is 18.4 Å². The number of nitrogens with zero attached hydrogens (tertiary/aromatic N) is 1. The van der Waals surface area contributed by atoms with Crippen LogP contribution >= 0.6 is 0 Å². The van der Waals surface area contributed by atoms with Crippen molar-refractivity contribution in [2.24, 2.45) is 7.05 Å². The highest BCUT2D eigenvalue weighted by Crippen LogP contribution is 2.42. The Labute approximate surface area is 200 Å². The van der Waals surface area contributed by atoms with Gasteiger partial charge in [0.2, 0.25) is 10.0 Å². The van der Waals surface area contributed by atoms with E-state index in [2.05, 4.69) is 4.72 Å². The second kappa shape index (κ2) is 9.29. The predicted molar refractivity (Wildman–Crippen MR) is 126 cm³/mol. The van der Waals surface area contributed by atoms with Crippen LogP contribution in [-0.4, -0.2) is 25.8 Å². The van der Waals surface area contributed by atoms with Gasteiger partial charge in [-0.15, -0.1) is 0 Å². The number of benzene rings is 2. The molecule has 35 heavy (non-hydrogen) atoms. The zero-order valence-corrected chi connectivity index (χ0v) is 19.8. The van der Waals surface area contributed by atoms with Gasteiger partial charge in [0, 0.05) is 36.1 Å². The first kappa shape index (κ1) is 24.6. The van der Waals surface area contributed by atoms with Crippen molar-refractivity contribution in [1.82, 2.24) is 4.57 Å². The van der Waals surface area contributed by atoms with Crippen molar-refractivity contribution in [2.45, 2.75) is 25.4 Å². The van der Waals surface area contributed by atoms with Crippen LogP contribution in [0.25, 0.3) is 11.1 Å². The van der Waals surface area contributed by atoms with E-state index in [9.17, 15) is 26.4 Å². The SMILES string of the molecule is Cn1cc2c(cc1=O)OCCCCc1cc(C(F)(F)F)ccc1Oc1ccc(NS(C)(=O)=O)cc1-2. The van der Waals surface area contributed by atoms with E-state index in [1.807, 2.05) is 0 Å². The molecule has 186 valence electrons. The fraction of sp³-hybridized carbons (Fsp3) is 0.292. The predicted octanol–water partition coefficient (Wildman–Crippen LogP) is 4.95. The van der Waals surface area contributed by atoms with Gasteiger partial charge in [-0.25, -0.2) is 8.42 Å². The number of alkyl halides is 3. The summed E-state index contributed by atoms with van der Waals surface area (Å²) in [7, 11) is -2.03. The maximum atomic E-state index is 13.3. The molecule has 0 bridgehead atoms. The number of aryl methyl sites for hydroxylation is 2. The van der Waals surface area contributed by atoms with Gasteiger partial charge in [0.15, 0.2) is 0 Å². The topological polar surface area (TPSA) is 86.6 Å². The molecule has 3 aromatic rings. The van der Waals surface area contributed by atoms with Crippen LogP contribution < -0.4 is 19.8 Å². The zero-order chi connectivity index (χ0) is 25.4. The largest absolute Gasteiger partial charge is 0.493 e. The van der Waals surface area contributed by atoms with E-state index in [0.717, 1.165) is 18.4 Å². The molecule has 1 aliphatic rings. The summed E-state index contributed by atoms with van der Waals surface area (Å²) in [5, 5.41) is 0. The van der Waals surface area contributed by atoms with Crippen LogP contribution in [0.4, 0.5) is 18.9 Å². The van der Waals surface area contributed by atoms with Crippen LogP contribution in [-0.2, 0) is 29.7 Å². The van der Waals surface area contributed by atoms with Crippen LogP contribution in [0.3, 0.4) is 0 Å². The summed E-state index contributed by atoms with van der Waals surface area (Å²) < 4.78 is 79.2. The van der Waals surface area contributed by atoms with Gasteiger partial charge in [-0.3, -0.25) is 9.52 Å². The summed E-state index contributed by atoms with van der Waals surface area (Å²) in [6.45, 7) is 0.242. The number of anilines is 1. The molecule has 11 heteroatoms. The van der Waals surface area contributed by atoms with Crippen LogP contribution in [0, 0.1) is 0 Å². The highest BCUT2D eigenvalue weighted by Gasteiger charge is 2.31. The molecule has 7 nitrogen and oxygen atoms in total. The van der Waals surface area contributed by atoms with Crippen molar-refractivity contribution in [1.29, 1.82) is 0 Å². The van der Waals surface area contributed by atoms with Gasteiger partial charge in [0.25, 0.3) is 5.56 Å². The second-order valence-corrected chi connectivity index (χ2v) is 10.1. The number of fused-ring (bicyclic) bond motifs is 4. The van der Waals surface area contributed by atoms with Crippen LogP contribution in [0.1, 0.15) is 24.0 Å². The van der Waals surface area contributed by atoms with E-state index in [4.69, 9.17) is 9.47 Å². The van der Waals surface area contributed by atoms with Crippen LogP contribution in [0.15, 0.2) is 53.5 Å². The average molecular weight is 509 g/mol. The molecule has 0 saturated carbocycles. The normalized spacial score (nSPS) is 14.2. The third-order valence-electron chi connectivity index (χ3n) is 5.47. The molecule has 2 heterocycles. The third-order valence-corrected chi connectivity index (χ3v) is 6.08. The van der Waals surface area contributed by atoms with Gasteiger partial charge in [-0.1, -0.05) is 0 Å². The molecule has 0 radical (unpaired) electrons. The lowest BCUT2D eigenvalue weighted by Crippen LogP contribution is -2.16. The van der Waals surface area contributed by atoms with Crippen molar-refractivity contribution in [2.75, 3.05) is 17.6 Å². The van der Waals surface area contributed by atoms with Gasteiger partial charge >= 0.3 is 6.18 Å². The second-order valence-electron chi connectivity index (χ2n) is 8.31. The molecule has 1 aliphatic heterocycles. The molecule has 0 unspecified atom stereocenters. The molecule has 1 aromatic heterocycles. The lowest BCUT2D eigenvalue weighted by molar-refractivity contribution is -0.137. The summed E-state index contributed by atoms with van der Waals surface area (Å²) >= 11 is 0. The summed E-state index contributed by atoms with van der Waals surface area (Å²) in [6.07, 6.45) is -0.526. The van der Waals surface area contributed by atoms with Crippen molar-refractivity contribution < 1.29 is 31.1 Å². The quantitative estimate of drug-likeness (QED) is 0.530. The minimum atomic E-state index is -4.49. The van der Waals surface area contributed by atoms with Gasteiger partial charge in [-0.2, -0.15) is 13.2 Å². The zero-order valence-electron chi connectivity index (χ0n) is 19.0. The summed E-state index contributed by atoms with van der Waals surface area (Å²) in [5.41, 5.74) is 0.439. The number of rotatable bonds is 2. The molecule has 0 fully saturated rings. The van der Waals surface area contributed by atoms with E-state index in [1.54, 1.807) is 13.2 Å². The number of ether oxygens (including phenoxy) is 2. The van der Waals surface area contributed by atoms with Crippen molar-refractivity contribution >= 4 is 15.7 Å².